The van der Waals surface area contributed by atoms with Crippen LogP contribution in [0.5, 0.6) is 0 Å². The second-order valence-corrected chi connectivity index (χ2v) is 1.74. The molecule has 1 rings (SSSR count). The third-order valence-electron chi connectivity index (χ3n) is 0.988. The van der Waals surface area contributed by atoms with Gasteiger partial charge in [0.2, 0.25) is 0 Å². The van der Waals surface area contributed by atoms with Crippen molar-refractivity contribution in [2.45, 2.75) is 6.92 Å². The Hall–Kier alpha value is -0.920. The van der Waals surface area contributed by atoms with Crippen molar-refractivity contribution in [2.75, 3.05) is 6.61 Å². The minimum atomic E-state index is 0.0185. The number of aliphatic hydroxyl groups is 1. The molecule has 0 aliphatic carbocycles. The van der Waals surface area contributed by atoms with Crippen LogP contribution in [0.25, 0.3) is 0 Å². The molecule has 2 heteroatoms. The summed E-state index contributed by atoms with van der Waals surface area (Å²) < 4.78 is 4.69. The van der Waals surface area contributed by atoms with Crippen LogP contribution in [0.2, 0.25) is 0 Å². The number of hydrogen-bond acceptors (Lipinski definition) is 2. The Morgan fingerprint density at radius 3 is 2.88 bits per heavy atom. The van der Waals surface area contributed by atoms with E-state index in [9.17, 15) is 0 Å². The molecule has 0 aromatic rings. The van der Waals surface area contributed by atoms with E-state index in [1.807, 2.05) is 13.0 Å². The van der Waals surface area contributed by atoms with Gasteiger partial charge in [0.25, 0.3) is 5.95 Å². The number of ether oxygens (including phenoxy) is 1. The third-order valence-corrected chi connectivity index (χ3v) is 0.988. The zero-order valence-electron chi connectivity index (χ0n) is 4.72. The van der Waals surface area contributed by atoms with E-state index >= 15 is 0 Å². The van der Waals surface area contributed by atoms with Crippen LogP contribution in [-0.4, -0.2) is 11.7 Å². The summed E-state index contributed by atoms with van der Waals surface area (Å²) >= 11 is 0. The summed E-state index contributed by atoms with van der Waals surface area (Å²) in [7, 11) is 0. The summed E-state index contributed by atoms with van der Waals surface area (Å²) in [5.74, 6) is 0.0185. The van der Waals surface area contributed by atoms with Crippen LogP contribution in [-0.2, 0) is 4.74 Å². The summed E-state index contributed by atoms with van der Waals surface area (Å²) in [5.41, 5.74) is 1.05. The molecule has 1 heterocycles. The summed E-state index contributed by atoms with van der Waals surface area (Å²) in [6, 6.07) is 0. The first-order valence-corrected chi connectivity index (χ1v) is 2.49. The first kappa shape index (κ1) is 5.22. The van der Waals surface area contributed by atoms with Gasteiger partial charge in [-0.15, -0.1) is 0 Å². The van der Waals surface area contributed by atoms with Gasteiger partial charge in [0.1, 0.15) is 6.61 Å². The lowest BCUT2D eigenvalue weighted by molar-refractivity contribution is 0.108. The summed E-state index contributed by atoms with van der Waals surface area (Å²) in [6.45, 7) is 2.41. The van der Waals surface area contributed by atoms with Crippen LogP contribution in [0.1, 0.15) is 6.92 Å². The van der Waals surface area contributed by atoms with Crippen LogP contribution < -0.4 is 0 Å². The number of allylic oxidation sites excluding steroid dienone is 2. The van der Waals surface area contributed by atoms with Gasteiger partial charge in [-0.05, 0) is 18.6 Å². The average Bonchev–Trinajstić information content (AvgIpc) is 1.64. The largest absolute Gasteiger partial charge is 0.481 e. The molecule has 2 nitrogen and oxygen atoms in total. The first-order valence-electron chi connectivity index (χ1n) is 2.49. The van der Waals surface area contributed by atoms with E-state index in [2.05, 4.69) is 4.74 Å². The quantitative estimate of drug-likeness (QED) is 0.512. The summed E-state index contributed by atoms with van der Waals surface area (Å²) in [4.78, 5) is 0. The maximum Gasteiger partial charge on any atom is 0.277 e. The van der Waals surface area contributed by atoms with Crippen molar-refractivity contribution in [3.63, 3.8) is 0 Å². The predicted molar refractivity (Wildman–Crippen MR) is 30.4 cm³/mol. The lowest BCUT2D eigenvalue weighted by Gasteiger charge is -2.06. The lowest BCUT2D eigenvalue weighted by Crippen LogP contribution is -1.96. The van der Waals surface area contributed by atoms with Gasteiger partial charge >= 0.3 is 0 Å². The Morgan fingerprint density at radius 2 is 2.50 bits per heavy atom. The number of hydrogen-bond donors (Lipinski definition) is 1. The molecule has 44 valence electrons. The van der Waals surface area contributed by atoms with Crippen molar-refractivity contribution in [2.24, 2.45) is 0 Å². The Balaban J connectivity index is 2.69. The van der Waals surface area contributed by atoms with Crippen LogP contribution in [0.3, 0.4) is 0 Å². The van der Waals surface area contributed by atoms with E-state index in [1.54, 1.807) is 6.08 Å². The van der Waals surface area contributed by atoms with Crippen molar-refractivity contribution in [1.82, 2.24) is 0 Å². The van der Waals surface area contributed by atoms with E-state index in [0.717, 1.165) is 5.57 Å². The molecule has 1 aliphatic heterocycles. The normalized spacial score (nSPS) is 18.6. The monoisotopic (exact) mass is 112 g/mol. The minimum absolute atomic E-state index is 0.0185. The highest BCUT2D eigenvalue weighted by Gasteiger charge is 1.97. The second kappa shape index (κ2) is 1.90. The molecule has 1 aliphatic rings. The number of rotatable bonds is 0. The highest BCUT2D eigenvalue weighted by Crippen LogP contribution is 2.06. The lowest BCUT2D eigenvalue weighted by atomic mass is 10.2. The molecule has 0 atom stereocenters. The zero-order chi connectivity index (χ0) is 5.98. The fourth-order valence-electron chi connectivity index (χ4n) is 0.554. The topological polar surface area (TPSA) is 29.5 Å². The molecule has 8 heavy (non-hydrogen) atoms. The summed E-state index contributed by atoms with van der Waals surface area (Å²) in [6.07, 6.45) is 3.49. The SMILES string of the molecule is CC1=CCOC(O)=C1. The zero-order valence-corrected chi connectivity index (χ0v) is 4.72. The van der Waals surface area contributed by atoms with E-state index in [0.29, 0.717) is 6.61 Å². The van der Waals surface area contributed by atoms with Crippen molar-refractivity contribution >= 4 is 0 Å². The van der Waals surface area contributed by atoms with Gasteiger partial charge in [0.15, 0.2) is 0 Å². The fraction of sp³-hybridized carbons (Fsp3) is 0.333. The van der Waals surface area contributed by atoms with Gasteiger partial charge in [0.05, 0.1) is 0 Å². The highest BCUT2D eigenvalue weighted by molar-refractivity contribution is 5.18. The molecule has 0 saturated carbocycles. The molecule has 0 amide bonds. The molecule has 0 aromatic heterocycles. The van der Waals surface area contributed by atoms with E-state index in [-0.39, 0.29) is 5.95 Å². The van der Waals surface area contributed by atoms with Gasteiger partial charge in [0, 0.05) is 6.08 Å². The molecular weight excluding hydrogens is 104 g/mol. The Bertz CT molecular complexity index is 145. The average molecular weight is 112 g/mol. The predicted octanol–water partition coefficient (Wildman–Crippen LogP) is 1.36. The third kappa shape index (κ3) is 1.03. The molecular formula is C6H8O2. The molecule has 0 bridgehead atoms. The van der Waals surface area contributed by atoms with Gasteiger partial charge in [-0.3, -0.25) is 0 Å². The van der Waals surface area contributed by atoms with Gasteiger partial charge in [-0.2, -0.15) is 0 Å². The van der Waals surface area contributed by atoms with E-state index in [4.69, 9.17) is 5.11 Å². The van der Waals surface area contributed by atoms with Crippen LogP contribution in [0.15, 0.2) is 23.7 Å². The fourth-order valence-corrected chi connectivity index (χ4v) is 0.554. The van der Waals surface area contributed by atoms with Crippen molar-refractivity contribution in [1.29, 1.82) is 0 Å². The van der Waals surface area contributed by atoms with E-state index < -0.39 is 0 Å². The maximum atomic E-state index is 8.68. The maximum absolute atomic E-state index is 8.68. The first-order chi connectivity index (χ1) is 3.79. The molecule has 0 unspecified atom stereocenters. The molecule has 0 aromatic carbocycles. The molecule has 1 N–H and O–H groups in total. The second-order valence-electron chi connectivity index (χ2n) is 1.74. The Morgan fingerprint density at radius 1 is 1.75 bits per heavy atom. The van der Waals surface area contributed by atoms with Crippen molar-refractivity contribution in [3.05, 3.63) is 23.7 Å². The Labute approximate surface area is 48.1 Å². The standard InChI is InChI=1S/C6H8O2/c1-5-2-3-8-6(7)4-5/h2,4,7H,3H2,1H3. The molecule has 0 radical (unpaired) electrons. The molecule has 0 spiro atoms. The van der Waals surface area contributed by atoms with Crippen LogP contribution in [0.4, 0.5) is 0 Å². The van der Waals surface area contributed by atoms with Crippen LogP contribution in [0, 0.1) is 0 Å². The van der Waals surface area contributed by atoms with Gasteiger partial charge in [-0.25, -0.2) is 0 Å². The van der Waals surface area contributed by atoms with E-state index in [1.165, 1.54) is 0 Å². The van der Waals surface area contributed by atoms with Crippen molar-refractivity contribution in [3.8, 4) is 0 Å². The Kier molecular flexibility index (Phi) is 1.24. The minimum Gasteiger partial charge on any atom is -0.481 e. The highest BCUT2D eigenvalue weighted by atomic mass is 16.6. The smallest absolute Gasteiger partial charge is 0.277 e. The van der Waals surface area contributed by atoms with Gasteiger partial charge in [-0.1, -0.05) is 0 Å². The van der Waals surface area contributed by atoms with Gasteiger partial charge < -0.3 is 9.84 Å². The summed E-state index contributed by atoms with van der Waals surface area (Å²) in [5, 5.41) is 8.68. The van der Waals surface area contributed by atoms with Crippen LogP contribution >= 0.6 is 0 Å². The molecule has 0 fully saturated rings. The van der Waals surface area contributed by atoms with Crippen molar-refractivity contribution < 1.29 is 9.84 Å². The molecule has 0 saturated heterocycles. The number of aliphatic hydroxyl groups excluding tert-OH is 1.